The Labute approximate surface area is 158 Å². The molecule has 136 valence electrons. The summed E-state index contributed by atoms with van der Waals surface area (Å²) in [7, 11) is 0. The van der Waals surface area contributed by atoms with Crippen LogP contribution in [0.1, 0.15) is 37.4 Å². The van der Waals surface area contributed by atoms with Gasteiger partial charge in [0.15, 0.2) is 0 Å². The number of aryl methyl sites for hydroxylation is 2. The molecule has 3 rings (SSSR count). The van der Waals surface area contributed by atoms with Crippen LogP contribution in [0.15, 0.2) is 66.7 Å². The van der Waals surface area contributed by atoms with Crippen LogP contribution >= 0.6 is 0 Å². The zero-order chi connectivity index (χ0) is 19.4. The minimum absolute atomic E-state index is 0.356. The molecular weight excluding hydrogens is 340 g/mol. The summed E-state index contributed by atoms with van der Waals surface area (Å²) in [6, 6.07) is 19.3. The summed E-state index contributed by atoms with van der Waals surface area (Å²) >= 11 is 0. The van der Waals surface area contributed by atoms with Crippen LogP contribution in [0.4, 0.5) is 0 Å². The van der Waals surface area contributed by atoms with Crippen LogP contribution in [-0.2, 0) is 0 Å². The SMILES string of the molecule is Cc1ccc(C(=O)Oc2cccc(OC(=O)c3ccc(C)cc3)c2C)cc1. The summed E-state index contributed by atoms with van der Waals surface area (Å²) in [5, 5.41) is 0. The summed E-state index contributed by atoms with van der Waals surface area (Å²) in [5.74, 6) is -0.204. The lowest BCUT2D eigenvalue weighted by Crippen LogP contribution is -2.12. The van der Waals surface area contributed by atoms with E-state index in [1.165, 1.54) is 0 Å². The maximum absolute atomic E-state index is 12.3. The average molecular weight is 360 g/mol. The Morgan fingerprint density at radius 1 is 0.593 bits per heavy atom. The molecule has 0 unspecified atom stereocenters. The second-order valence-corrected chi connectivity index (χ2v) is 6.39. The van der Waals surface area contributed by atoms with Crippen molar-refractivity contribution < 1.29 is 19.1 Å². The van der Waals surface area contributed by atoms with Crippen LogP contribution in [0.2, 0.25) is 0 Å². The van der Waals surface area contributed by atoms with E-state index in [1.54, 1.807) is 49.4 Å². The van der Waals surface area contributed by atoms with E-state index in [2.05, 4.69) is 0 Å². The van der Waals surface area contributed by atoms with Crippen molar-refractivity contribution in [2.45, 2.75) is 20.8 Å². The molecule has 0 spiro atoms. The zero-order valence-electron chi connectivity index (χ0n) is 15.5. The van der Waals surface area contributed by atoms with E-state index in [0.717, 1.165) is 11.1 Å². The normalized spacial score (nSPS) is 10.3. The number of hydrogen-bond donors (Lipinski definition) is 0. The van der Waals surface area contributed by atoms with Crippen LogP contribution in [0.5, 0.6) is 11.5 Å². The highest BCUT2D eigenvalue weighted by Crippen LogP contribution is 2.28. The van der Waals surface area contributed by atoms with Crippen molar-refractivity contribution in [3.63, 3.8) is 0 Å². The Bertz CT molecular complexity index is 893. The van der Waals surface area contributed by atoms with Crippen LogP contribution in [-0.4, -0.2) is 11.9 Å². The van der Waals surface area contributed by atoms with Gasteiger partial charge in [0, 0.05) is 5.56 Å². The summed E-state index contributed by atoms with van der Waals surface area (Å²) in [6.07, 6.45) is 0. The van der Waals surface area contributed by atoms with Crippen molar-refractivity contribution in [2.75, 3.05) is 0 Å². The number of benzene rings is 3. The number of carbonyl (C=O) groups is 2. The number of carbonyl (C=O) groups excluding carboxylic acids is 2. The molecule has 0 aliphatic heterocycles. The third-order valence-electron chi connectivity index (χ3n) is 4.21. The first kappa shape index (κ1) is 18.4. The second kappa shape index (κ2) is 7.87. The lowest BCUT2D eigenvalue weighted by molar-refractivity contribution is 0.0730. The van der Waals surface area contributed by atoms with Crippen LogP contribution in [0.3, 0.4) is 0 Å². The van der Waals surface area contributed by atoms with Gasteiger partial charge in [0.2, 0.25) is 0 Å². The van der Waals surface area contributed by atoms with E-state index in [1.807, 2.05) is 38.1 Å². The van der Waals surface area contributed by atoms with Crippen LogP contribution in [0.25, 0.3) is 0 Å². The number of rotatable bonds is 4. The molecule has 3 aromatic rings. The molecule has 0 aliphatic carbocycles. The number of hydrogen-bond acceptors (Lipinski definition) is 4. The minimum atomic E-state index is -0.458. The highest BCUT2D eigenvalue weighted by atomic mass is 16.5. The van der Waals surface area contributed by atoms with E-state index in [4.69, 9.17) is 9.47 Å². The van der Waals surface area contributed by atoms with Gasteiger partial charge in [-0.05, 0) is 57.2 Å². The highest BCUT2D eigenvalue weighted by molar-refractivity contribution is 5.92. The Balaban J connectivity index is 1.77. The van der Waals surface area contributed by atoms with Gasteiger partial charge in [-0.15, -0.1) is 0 Å². The maximum Gasteiger partial charge on any atom is 0.343 e. The predicted octanol–water partition coefficient (Wildman–Crippen LogP) is 5.05. The Hall–Kier alpha value is -3.40. The lowest BCUT2D eigenvalue weighted by Gasteiger charge is -2.12. The molecule has 3 aromatic carbocycles. The predicted molar refractivity (Wildman–Crippen MR) is 103 cm³/mol. The standard InChI is InChI=1S/C23H20O4/c1-15-7-11-18(12-8-15)22(24)26-20-5-4-6-21(17(20)3)27-23(25)19-13-9-16(2)10-14-19/h4-14H,1-3H3. The molecule has 0 aliphatic rings. The fraction of sp³-hybridized carbons (Fsp3) is 0.130. The molecule has 27 heavy (non-hydrogen) atoms. The van der Waals surface area contributed by atoms with Crippen molar-refractivity contribution in [2.24, 2.45) is 0 Å². The molecule has 4 nitrogen and oxygen atoms in total. The quantitative estimate of drug-likeness (QED) is 0.482. The van der Waals surface area contributed by atoms with Crippen molar-refractivity contribution >= 4 is 11.9 Å². The van der Waals surface area contributed by atoms with Gasteiger partial charge >= 0.3 is 11.9 Å². The molecule has 0 radical (unpaired) electrons. The van der Waals surface area contributed by atoms with Crippen molar-refractivity contribution in [3.8, 4) is 11.5 Å². The molecule has 0 fully saturated rings. The third kappa shape index (κ3) is 4.42. The van der Waals surface area contributed by atoms with Gasteiger partial charge in [-0.3, -0.25) is 0 Å². The van der Waals surface area contributed by atoms with Crippen LogP contribution in [0, 0.1) is 20.8 Å². The largest absolute Gasteiger partial charge is 0.423 e. The third-order valence-corrected chi connectivity index (χ3v) is 4.21. The van der Waals surface area contributed by atoms with E-state index >= 15 is 0 Å². The van der Waals surface area contributed by atoms with Gasteiger partial charge in [0.05, 0.1) is 11.1 Å². The van der Waals surface area contributed by atoms with E-state index < -0.39 is 11.9 Å². The first-order valence-corrected chi connectivity index (χ1v) is 8.61. The minimum Gasteiger partial charge on any atom is -0.423 e. The Morgan fingerprint density at radius 3 is 1.33 bits per heavy atom. The maximum atomic E-state index is 12.3. The van der Waals surface area contributed by atoms with Crippen LogP contribution < -0.4 is 9.47 Å². The molecule has 0 saturated heterocycles. The monoisotopic (exact) mass is 360 g/mol. The fourth-order valence-corrected chi connectivity index (χ4v) is 2.51. The van der Waals surface area contributed by atoms with Gasteiger partial charge in [0.1, 0.15) is 11.5 Å². The first-order chi connectivity index (χ1) is 12.9. The molecular formula is C23H20O4. The number of esters is 2. The smallest absolute Gasteiger partial charge is 0.343 e. The molecule has 0 N–H and O–H groups in total. The van der Waals surface area contributed by atoms with E-state index in [0.29, 0.717) is 28.2 Å². The lowest BCUT2D eigenvalue weighted by atomic mass is 10.1. The van der Waals surface area contributed by atoms with E-state index in [-0.39, 0.29) is 0 Å². The van der Waals surface area contributed by atoms with Gasteiger partial charge in [0.25, 0.3) is 0 Å². The fourth-order valence-electron chi connectivity index (χ4n) is 2.51. The molecule has 0 amide bonds. The average Bonchev–Trinajstić information content (AvgIpc) is 2.66. The Morgan fingerprint density at radius 2 is 0.963 bits per heavy atom. The molecule has 0 bridgehead atoms. The zero-order valence-corrected chi connectivity index (χ0v) is 15.5. The van der Waals surface area contributed by atoms with Crippen molar-refractivity contribution in [1.82, 2.24) is 0 Å². The second-order valence-electron chi connectivity index (χ2n) is 6.39. The summed E-state index contributed by atoms with van der Waals surface area (Å²) in [6.45, 7) is 5.64. The van der Waals surface area contributed by atoms with Gasteiger partial charge in [-0.2, -0.15) is 0 Å². The van der Waals surface area contributed by atoms with E-state index in [9.17, 15) is 9.59 Å². The van der Waals surface area contributed by atoms with Gasteiger partial charge in [-0.25, -0.2) is 9.59 Å². The highest BCUT2D eigenvalue weighted by Gasteiger charge is 2.15. The summed E-state index contributed by atoms with van der Waals surface area (Å²) < 4.78 is 11.0. The summed E-state index contributed by atoms with van der Waals surface area (Å²) in [4.78, 5) is 24.7. The molecule has 0 atom stereocenters. The molecule has 0 aromatic heterocycles. The molecule has 0 heterocycles. The first-order valence-electron chi connectivity index (χ1n) is 8.61. The number of ether oxygens (including phenoxy) is 2. The van der Waals surface area contributed by atoms with Crippen molar-refractivity contribution in [3.05, 3.63) is 94.5 Å². The Kier molecular flexibility index (Phi) is 5.36. The summed E-state index contributed by atoms with van der Waals surface area (Å²) in [5.41, 5.74) is 3.63. The molecule has 0 saturated carbocycles. The van der Waals surface area contributed by atoms with Gasteiger partial charge in [-0.1, -0.05) is 41.5 Å². The molecule has 4 heteroatoms. The van der Waals surface area contributed by atoms with Crippen molar-refractivity contribution in [1.29, 1.82) is 0 Å². The van der Waals surface area contributed by atoms with Gasteiger partial charge < -0.3 is 9.47 Å². The topological polar surface area (TPSA) is 52.6 Å².